The largest absolute Gasteiger partial charge is 0.497 e. The highest BCUT2D eigenvalue weighted by atomic mass is 79.9. The lowest BCUT2D eigenvalue weighted by Crippen LogP contribution is -2.29. The fourth-order valence-electron chi connectivity index (χ4n) is 4.21. The van der Waals surface area contributed by atoms with Crippen LogP contribution >= 0.6 is 15.9 Å². The monoisotopic (exact) mass is 503 g/mol. The highest BCUT2D eigenvalue weighted by Crippen LogP contribution is 2.45. The normalized spacial score (nSPS) is 14.9. The van der Waals surface area contributed by atoms with Gasteiger partial charge in [-0.2, -0.15) is 5.10 Å². The maximum absolute atomic E-state index is 13.6. The molecule has 0 saturated heterocycles. The van der Waals surface area contributed by atoms with Gasteiger partial charge in [0.2, 0.25) is 0 Å². The van der Waals surface area contributed by atoms with E-state index in [1.54, 1.807) is 7.11 Å². The molecule has 1 aromatic heterocycles. The summed E-state index contributed by atoms with van der Waals surface area (Å²) in [5.74, 6) is 1.45. The van der Waals surface area contributed by atoms with Crippen LogP contribution in [0.5, 0.6) is 11.5 Å². The summed E-state index contributed by atoms with van der Waals surface area (Å²) in [6.45, 7) is 2.56. The van der Waals surface area contributed by atoms with E-state index in [4.69, 9.17) is 9.47 Å². The van der Waals surface area contributed by atoms with Crippen LogP contribution in [0.4, 0.5) is 5.69 Å². The molecule has 1 N–H and O–H groups in total. The maximum atomic E-state index is 13.6. The van der Waals surface area contributed by atoms with E-state index < -0.39 is 0 Å². The number of aromatic nitrogens is 2. The van der Waals surface area contributed by atoms with Crippen molar-refractivity contribution in [2.24, 2.45) is 0 Å². The Morgan fingerprint density at radius 3 is 2.27 bits per heavy atom. The topological polar surface area (TPSA) is 67.5 Å². The molecule has 7 heteroatoms. The third kappa shape index (κ3) is 3.78. The van der Waals surface area contributed by atoms with Crippen molar-refractivity contribution in [1.82, 2.24) is 10.2 Å². The molecule has 166 valence electrons. The molecule has 1 amide bonds. The minimum atomic E-state index is -0.333. The third-order valence-corrected chi connectivity index (χ3v) is 6.27. The zero-order valence-electron chi connectivity index (χ0n) is 18.2. The molecular weight excluding hydrogens is 482 g/mol. The van der Waals surface area contributed by atoms with Crippen molar-refractivity contribution in [2.75, 3.05) is 18.6 Å². The number of rotatable bonds is 6. The number of amides is 1. The fraction of sp³-hybridized carbons (Fsp3) is 0.154. The first-order chi connectivity index (χ1) is 16.1. The number of carbonyl (C=O) groups is 1. The summed E-state index contributed by atoms with van der Waals surface area (Å²) in [7, 11) is 1.64. The minimum Gasteiger partial charge on any atom is -0.497 e. The number of hydrogen-bond donors (Lipinski definition) is 1. The van der Waals surface area contributed by atoms with Crippen LogP contribution in [0.3, 0.4) is 0 Å². The molecule has 3 aromatic carbocycles. The molecule has 0 saturated carbocycles. The summed E-state index contributed by atoms with van der Waals surface area (Å²) in [6.07, 6.45) is 0. The predicted molar refractivity (Wildman–Crippen MR) is 131 cm³/mol. The third-order valence-electron chi connectivity index (χ3n) is 5.74. The number of H-pyrrole nitrogens is 1. The van der Waals surface area contributed by atoms with E-state index in [2.05, 4.69) is 26.1 Å². The quantitative estimate of drug-likeness (QED) is 0.350. The predicted octanol–water partition coefficient (Wildman–Crippen LogP) is 6.00. The number of nitrogens with zero attached hydrogens (tertiary/aromatic N) is 2. The summed E-state index contributed by atoms with van der Waals surface area (Å²) < 4.78 is 11.9. The average Bonchev–Trinajstić information content (AvgIpc) is 3.39. The average molecular weight is 504 g/mol. The SMILES string of the molecule is CCOc1ccc(-c2n[nH]c3c2[C@@H](c2ccc(OC)cc2)N(c2ccc(Br)cc2)C3=O)cc1. The second-order valence-corrected chi connectivity index (χ2v) is 8.56. The van der Waals surface area contributed by atoms with Crippen molar-refractivity contribution in [3.63, 3.8) is 0 Å². The van der Waals surface area contributed by atoms with Crippen LogP contribution in [-0.2, 0) is 0 Å². The first-order valence-electron chi connectivity index (χ1n) is 10.6. The van der Waals surface area contributed by atoms with E-state index >= 15 is 0 Å². The van der Waals surface area contributed by atoms with Gasteiger partial charge < -0.3 is 9.47 Å². The van der Waals surface area contributed by atoms with Gasteiger partial charge in [-0.15, -0.1) is 0 Å². The van der Waals surface area contributed by atoms with Crippen LogP contribution in [0.1, 0.15) is 34.6 Å². The van der Waals surface area contributed by atoms with Gasteiger partial charge in [0.15, 0.2) is 0 Å². The smallest absolute Gasteiger partial charge is 0.277 e. The van der Waals surface area contributed by atoms with Gasteiger partial charge in [0.05, 0.1) is 25.5 Å². The summed E-state index contributed by atoms with van der Waals surface area (Å²) in [4.78, 5) is 15.4. The van der Waals surface area contributed by atoms with Gasteiger partial charge in [-0.3, -0.25) is 14.8 Å². The Bertz CT molecular complexity index is 1280. The molecule has 0 bridgehead atoms. The van der Waals surface area contributed by atoms with Crippen molar-refractivity contribution in [2.45, 2.75) is 13.0 Å². The van der Waals surface area contributed by atoms with Gasteiger partial charge in [-0.25, -0.2) is 0 Å². The molecule has 0 fully saturated rings. The molecule has 0 radical (unpaired) electrons. The van der Waals surface area contributed by atoms with Gasteiger partial charge in [-0.1, -0.05) is 28.1 Å². The maximum Gasteiger partial charge on any atom is 0.277 e. The van der Waals surface area contributed by atoms with E-state index in [9.17, 15) is 4.79 Å². The highest BCUT2D eigenvalue weighted by molar-refractivity contribution is 9.10. The Hall–Kier alpha value is -3.58. The number of anilines is 1. The highest BCUT2D eigenvalue weighted by Gasteiger charge is 2.43. The Labute approximate surface area is 200 Å². The first kappa shape index (κ1) is 21.3. The second kappa shape index (κ2) is 8.75. The molecular formula is C26H22BrN3O3. The molecule has 0 unspecified atom stereocenters. The summed E-state index contributed by atoms with van der Waals surface area (Å²) in [6, 6.07) is 23.0. The fourth-order valence-corrected chi connectivity index (χ4v) is 4.48. The van der Waals surface area contributed by atoms with Gasteiger partial charge in [0.25, 0.3) is 5.91 Å². The summed E-state index contributed by atoms with van der Waals surface area (Å²) in [5, 5.41) is 7.54. The number of nitrogens with one attached hydrogen (secondary N) is 1. The number of carbonyl (C=O) groups excluding carboxylic acids is 1. The van der Waals surface area contributed by atoms with Gasteiger partial charge in [0, 0.05) is 21.3 Å². The molecule has 2 heterocycles. The van der Waals surface area contributed by atoms with Crippen LogP contribution in [0, 0.1) is 0 Å². The van der Waals surface area contributed by atoms with Crippen molar-refractivity contribution in [1.29, 1.82) is 0 Å². The molecule has 0 aliphatic carbocycles. The Morgan fingerprint density at radius 1 is 0.970 bits per heavy atom. The lowest BCUT2D eigenvalue weighted by Gasteiger charge is -2.26. The van der Waals surface area contributed by atoms with Crippen LogP contribution in [0.15, 0.2) is 77.3 Å². The second-order valence-electron chi connectivity index (χ2n) is 7.65. The minimum absolute atomic E-state index is 0.113. The van der Waals surface area contributed by atoms with Crippen molar-refractivity contribution < 1.29 is 14.3 Å². The number of methoxy groups -OCH3 is 1. The Morgan fingerprint density at radius 2 is 1.64 bits per heavy atom. The summed E-state index contributed by atoms with van der Waals surface area (Å²) >= 11 is 3.48. The summed E-state index contributed by atoms with van der Waals surface area (Å²) in [5.41, 5.74) is 4.81. The van der Waals surface area contributed by atoms with Crippen molar-refractivity contribution >= 4 is 27.5 Å². The first-order valence-corrected chi connectivity index (χ1v) is 11.4. The Kier molecular flexibility index (Phi) is 5.64. The number of halogens is 1. The van der Waals surface area contributed by atoms with Crippen molar-refractivity contribution in [3.8, 4) is 22.8 Å². The number of aromatic amines is 1. The zero-order valence-corrected chi connectivity index (χ0v) is 19.8. The number of hydrogen-bond acceptors (Lipinski definition) is 4. The molecule has 1 aliphatic heterocycles. The van der Waals surface area contributed by atoms with Gasteiger partial charge in [0.1, 0.15) is 17.2 Å². The zero-order chi connectivity index (χ0) is 22.9. The molecule has 5 rings (SSSR count). The van der Waals surface area contributed by atoms with Gasteiger partial charge >= 0.3 is 0 Å². The molecule has 1 aliphatic rings. The van der Waals surface area contributed by atoms with Crippen LogP contribution in [0.2, 0.25) is 0 Å². The lowest BCUT2D eigenvalue weighted by atomic mass is 9.95. The van der Waals surface area contributed by atoms with Crippen LogP contribution < -0.4 is 14.4 Å². The number of ether oxygens (including phenoxy) is 2. The lowest BCUT2D eigenvalue weighted by molar-refractivity contribution is 0.0989. The van der Waals surface area contributed by atoms with E-state index in [0.29, 0.717) is 12.3 Å². The standard InChI is InChI=1S/C26H22BrN3O3/c1-3-33-21-14-4-16(5-15-21)23-22-24(29-28-23)26(31)30(19-10-8-18(27)9-11-19)25(22)17-6-12-20(32-2)13-7-17/h4-15,25H,3H2,1-2H3,(H,28,29)/t25-/m1/s1. The molecule has 33 heavy (non-hydrogen) atoms. The molecule has 6 nitrogen and oxygen atoms in total. The van der Waals surface area contributed by atoms with Crippen molar-refractivity contribution in [3.05, 3.63) is 94.1 Å². The van der Waals surface area contributed by atoms with E-state index in [0.717, 1.165) is 44.0 Å². The number of fused-ring (bicyclic) bond motifs is 1. The number of benzene rings is 3. The molecule has 0 spiro atoms. The van der Waals surface area contributed by atoms with E-state index in [1.165, 1.54) is 0 Å². The van der Waals surface area contributed by atoms with E-state index in [1.807, 2.05) is 84.6 Å². The Balaban J connectivity index is 1.65. The van der Waals surface area contributed by atoms with E-state index in [-0.39, 0.29) is 11.9 Å². The van der Waals surface area contributed by atoms with Crippen LogP contribution in [0.25, 0.3) is 11.3 Å². The van der Waals surface area contributed by atoms with Crippen LogP contribution in [-0.4, -0.2) is 29.8 Å². The van der Waals surface area contributed by atoms with Gasteiger partial charge in [-0.05, 0) is 73.2 Å². The molecule has 1 atom stereocenters. The molecule has 4 aromatic rings.